The Bertz CT molecular complexity index is 314. The fourth-order valence-corrected chi connectivity index (χ4v) is 1.21. The Kier molecular flexibility index (Phi) is 4.37. The summed E-state index contributed by atoms with van der Waals surface area (Å²) in [5.74, 6) is 0.889. The van der Waals surface area contributed by atoms with E-state index in [4.69, 9.17) is 10.5 Å². The summed E-state index contributed by atoms with van der Waals surface area (Å²) in [6, 6.07) is 7.99. The van der Waals surface area contributed by atoms with Gasteiger partial charge in [-0.3, -0.25) is 0 Å². The highest BCUT2D eigenvalue weighted by Crippen LogP contribution is 2.16. The van der Waals surface area contributed by atoms with Crippen LogP contribution in [-0.4, -0.2) is 6.61 Å². The van der Waals surface area contributed by atoms with Gasteiger partial charge in [-0.15, -0.1) is 6.58 Å². The van der Waals surface area contributed by atoms with Crippen molar-refractivity contribution in [3.05, 3.63) is 42.0 Å². The second-order valence-electron chi connectivity index (χ2n) is 3.91. The molecule has 2 heteroatoms. The Morgan fingerprint density at radius 1 is 1.40 bits per heavy atom. The topological polar surface area (TPSA) is 35.2 Å². The van der Waals surface area contributed by atoms with Crippen LogP contribution in [0.3, 0.4) is 0 Å². The summed E-state index contributed by atoms with van der Waals surface area (Å²) in [4.78, 5) is 0. The molecule has 1 aromatic carbocycles. The van der Waals surface area contributed by atoms with Crippen molar-refractivity contribution in [1.29, 1.82) is 0 Å². The zero-order valence-electron chi connectivity index (χ0n) is 9.49. The molecule has 0 saturated carbocycles. The normalized spacial score (nSPS) is 12.2. The monoisotopic (exact) mass is 205 g/mol. The van der Waals surface area contributed by atoms with Crippen LogP contribution in [0.1, 0.15) is 31.9 Å². The molecule has 0 unspecified atom stereocenters. The Balaban J connectivity index is 2.46. The average Bonchev–Trinajstić information content (AvgIpc) is 2.18. The van der Waals surface area contributed by atoms with E-state index in [0.29, 0.717) is 6.61 Å². The molecule has 0 aromatic heterocycles. The summed E-state index contributed by atoms with van der Waals surface area (Å²) in [7, 11) is 0. The van der Waals surface area contributed by atoms with Gasteiger partial charge >= 0.3 is 0 Å². The molecule has 0 aliphatic rings. The van der Waals surface area contributed by atoms with Gasteiger partial charge in [-0.1, -0.05) is 17.7 Å². The molecular weight excluding hydrogens is 186 g/mol. The Morgan fingerprint density at radius 3 is 2.47 bits per heavy atom. The van der Waals surface area contributed by atoms with Gasteiger partial charge in [-0.2, -0.15) is 0 Å². The predicted octanol–water partition coefficient (Wildman–Crippen LogP) is 3.05. The van der Waals surface area contributed by atoms with Crippen molar-refractivity contribution in [1.82, 2.24) is 0 Å². The standard InChI is InChI=1S/C13H19NO/c1-10(2)8-9-15-13-6-4-12(5-7-13)11(3)14/h4-7,11H,1,8-9,14H2,2-3H3/t11-/m1/s1. The number of ether oxygens (including phenoxy) is 1. The van der Waals surface area contributed by atoms with E-state index >= 15 is 0 Å². The quantitative estimate of drug-likeness (QED) is 0.750. The average molecular weight is 205 g/mol. The van der Waals surface area contributed by atoms with Crippen LogP contribution < -0.4 is 10.5 Å². The number of hydrogen-bond acceptors (Lipinski definition) is 2. The summed E-state index contributed by atoms with van der Waals surface area (Å²) in [5, 5.41) is 0. The van der Waals surface area contributed by atoms with Crippen LogP contribution in [0.4, 0.5) is 0 Å². The fourth-order valence-electron chi connectivity index (χ4n) is 1.21. The van der Waals surface area contributed by atoms with Crippen LogP contribution >= 0.6 is 0 Å². The highest BCUT2D eigenvalue weighted by molar-refractivity contribution is 5.28. The zero-order chi connectivity index (χ0) is 11.3. The molecule has 1 aromatic rings. The molecule has 15 heavy (non-hydrogen) atoms. The first-order valence-electron chi connectivity index (χ1n) is 5.22. The maximum Gasteiger partial charge on any atom is 0.119 e. The van der Waals surface area contributed by atoms with E-state index in [1.807, 2.05) is 38.1 Å². The molecule has 0 aliphatic heterocycles. The van der Waals surface area contributed by atoms with E-state index in [1.54, 1.807) is 0 Å². The molecule has 0 fully saturated rings. The number of rotatable bonds is 5. The lowest BCUT2D eigenvalue weighted by Gasteiger charge is -2.08. The van der Waals surface area contributed by atoms with Crippen molar-refractivity contribution in [3.8, 4) is 5.75 Å². The van der Waals surface area contributed by atoms with Crippen molar-refractivity contribution < 1.29 is 4.74 Å². The molecule has 0 spiro atoms. The van der Waals surface area contributed by atoms with Crippen LogP contribution in [-0.2, 0) is 0 Å². The molecule has 0 saturated heterocycles. The van der Waals surface area contributed by atoms with Gasteiger partial charge in [-0.05, 0) is 31.5 Å². The minimum atomic E-state index is 0.0782. The largest absolute Gasteiger partial charge is 0.493 e. The summed E-state index contributed by atoms with van der Waals surface area (Å²) >= 11 is 0. The summed E-state index contributed by atoms with van der Waals surface area (Å²) in [6.45, 7) is 8.49. The smallest absolute Gasteiger partial charge is 0.119 e. The van der Waals surface area contributed by atoms with Crippen LogP contribution in [0.2, 0.25) is 0 Å². The molecule has 0 heterocycles. The van der Waals surface area contributed by atoms with Gasteiger partial charge in [0, 0.05) is 12.5 Å². The molecule has 82 valence electrons. The summed E-state index contributed by atoms with van der Waals surface area (Å²) < 4.78 is 5.55. The fraction of sp³-hybridized carbons (Fsp3) is 0.385. The van der Waals surface area contributed by atoms with Crippen LogP contribution in [0.5, 0.6) is 5.75 Å². The van der Waals surface area contributed by atoms with E-state index in [2.05, 4.69) is 6.58 Å². The Labute approximate surface area is 91.7 Å². The SMILES string of the molecule is C=C(C)CCOc1ccc([C@@H](C)N)cc1. The molecular formula is C13H19NO. The Morgan fingerprint density at radius 2 is 2.00 bits per heavy atom. The third kappa shape index (κ3) is 4.17. The Hall–Kier alpha value is -1.28. The lowest BCUT2D eigenvalue weighted by Crippen LogP contribution is -2.04. The second-order valence-corrected chi connectivity index (χ2v) is 3.91. The number of nitrogens with two attached hydrogens (primary N) is 1. The molecule has 1 atom stereocenters. The highest BCUT2D eigenvalue weighted by atomic mass is 16.5. The minimum absolute atomic E-state index is 0.0782. The number of hydrogen-bond donors (Lipinski definition) is 1. The van der Waals surface area contributed by atoms with E-state index in [9.17, 15) is 0 Å². The van der Waals surface area contributed by atoms with Gasteiger partial charge < -0.3 is 10.5 Å². The van der Waals surface area contributed by atoms with Crippen LogP contribution in [0.25, 0.3) is 0 Å². The highest BCUT2D eigenvalue weighted by Gasteiger charge is 1.99. The van der Waals surface area contributed by atoms with Crippen LogP contribution in [0.15, 0.2) is 36.4 Å². The van der Waals surface area contributed by atoms with Gasteiger partial charge in [0.15, 0.2) is 0 Å². The van der Waals surface area contributed by atoms with E-state index in [-0.39, 0.29) is 6.04 Å². The molecule has 2 N–H and O–H groups in total. The van der Waals surface area contributed by atoms with Gasteiger partial charge in [0.1, 0.15) is 5.75 Å². The van der Waals surface area contributed by atoms with Crippen molar-refractivity contribution in [2.24, 2.45) is 5.73 Å². The van der Waals surface area contributed by atoms with Gasteiger partial charge in [0.2, 0.25) is 0 Å². The summed E-state index contributed by atoms with van der Waals surface area (Å²) in [5.41, 5.74) is 8.02. The lowest BCUT2D eigenvalue weighted by molar-refractivity contribution is 0.321. The van der Waals surface area contributed by atoms with Crippen molar-refractivity contribution in [2.45, 2.75) is 26.3 Å². The third-order valence-electron chi connectivity index (χ3n) is 2.20. The maximum atomic E-state index is 5.75. The maximum absolute atomic E-state index is 5.75. The van der Waals surface area contributed by atoms with Crippen LogP contribution in [0, 0.1) is 0 Å². The van der Waals surface area contributed by atoms with E-state index < -0.39 is 0 Å². The molecule has 0 amide bonds. The molecule has 1 rings (SSSR count). The zero-order valence-corrected chi connectivity index (χ0v) is 9.49. The third-order valence-corrected chi connectivity index (χ3v) is 2.20. The predicted molar refractivity (Wildman–Crippen MR) is 64.0 cm³/mol. The summed E-state index contributed by atoms with van der Waals surface area (Å²) in [6.07, 6.45) is 0.898. The minimum Gasteiger partial charge on any atom is -0.493 e. The first-order chi connectivity index (χ1) is 7.09. The first-order valence-corrected chi connectivity index (χ1v) is 5.22. The van der Waals surface area contributed by atoms with Gasteiger partial charge in [0.05, 0.1) is 6.61 Å². The van der Waals surface area contributed by atoms with Crippen molar-refractivity contribution >= 4 is 0 Å². The van der Waals surface area contributed by atoms with Gasteiger partial charge in [-0.25, -0.2) is 0 Å². The second kappa shape index (κ2) is 5.56. The lowest BCUT2D eigenvalue weighted by atomic mass is 10.1. The molecule has 2 nitrogen and oxygen atoms in total. The van der Waals surface area contributed by atoms with E-state index in [1.165, 1.54) is 0 Å². The van der Waals surface area contributed by atoms with Gasteiger partial charge in [0.25, 0.3) is 0 Å². The molecule has 0 bridgehead atoms. The van der Waals surface area contributed by atoms with Crippen molar-refractivity contribution in [2.75, 3.05) is 6.61 Å². The first kappa shape index (κ1) is 11.8. The van der Waals surface area contributed by atoms with E-state index in [0.717, 1.165) is 23.3 Å². The number of benzene rings is 1. The molecule has 0 radical (unpaired) electrons. The molecule has 0 aliphatic carbocycles. The van der Waals surface area contributed by atoms with Crippen molar-refractivity contribution in [3.63, 3.8) is 0 Å².